The highest BCUT2D eigenvalue weighted by atomic mass is 79.9. The fraction of sp³-hybridized carbons (Fsp3) is 0.375. The van der Waals surface area contributed by atoms with Crippen LogP contribution in [-0.2, 0) is 10.0 Å². The molecule has 2 N–H and O–H groups in total. The average molecular weight is 294 g/mol. The molecule has 0 saturated carbocycles. The van der Waals surface area contributed by atoms with E-state index in [2.05, 4.69) is 31.0 Å². The zero-order valence-corrected chi connectivity index (χ0v) is 10.6. The monoisotopic (exact) mass is 293 g/mol. The van der Waals surface area contributed by atoms with E-state index in [9.17, 15) is 8.42 Å². The number of anilines is 1. The van der Waals surface area contributed by atoms with Crippen LogP contribution < -0.4 is 10.0 Å². The quantitative estimate of drug-likeness (QED) is 0.843. The van der Waals surface area contributed by atoms with E-state index in [1.165, 1.54) is 7.05 Å². The first kappa shape index (κ1) is 12.4. The number of aromatic nitrogens is 1. The number of pyridine rings is 1. The number of halogens is 1. The Hall–Kier alpha value is -0.660. The summed E-state index contributed by atoms with van der Waals surface area (Å²) < 4.78 is 25.3. The van der Waals surface area contributed by atoms with Crippen LogP contribution in [0.1, 0.15) is 0 Å². The lowest BCUT2D eigenvalue weighted by Crippen LogP contribution is -2.26. The highest BCUT2D eigenvalue weighted by Gasteiger charge is 2.05. The summed E-state index contributed by atoms with van der Waals surface area (Å²) in [5.41, 5.74) is 0.788. The van der Waals surface area contributed by atoms with E-state index in [-0.39, 0.29) is 5.75 Å². The van der Waals surface area contributed by atoms with Crippen LogP contribution in [0.25, 0.3) is 0 Å². The van der Waals surface area contributed by atoms with E-state index in [0.29, 0.717) is 6.54 Å². The number of rotatable bonds is 5. The number of hydrogen-bond donors (Lipinski definition) is 2. The van der Waals surface area contributed by atoms with Gasteiger partial charge >= 0.3 is 0 Å². The Labute approximate surface area is 97.5 Å². The molecule has 5 nitrogen and oxygen atoms in total. The molecule has 0 aliphatic carbocycles. The Morgan fingerprint density at radius 2 is 2.20 bits per heavy atom. The number of hydrogen-bond acceptors (Lipinski definition) is 4. The summed E-state index contributed by atoms with van der Waals surface area (Å²) in [7, 11) is -1.75. The lowest BCUT2D eigenvalue weighted by molar-refractivity contribution is 0.588. The molecule has 0 aliphatic rings. The fourth-order valence-corrected chi connectivity index (χ4v) is 1.88. The summed E-state index contributed by atoms with van der Waals surface area (Å²) in [5, 5.41) is 2.96. The van der Waals surface area contributed by atoms with Crippen molar-refractivity contribution in [3.05, 3.63) is 22.9 Å². The summed E-state index contributed by atoms with van der Waals surface area (Å²) in [6.45, 7) is 0.349. The Bertz CT molecular complexity index is 422. The molecule has 0 amide bonds. The second-order valence-electron chi connectivity index (χ2n) is 2.84. The molecule has 1 heterocycles. The predicted molar refractivity (Wildman–Crippen MR) is 63.3 cm³/mol. The summed E-state index contributed by atoms with van der Waals surface area (Å²) in [6, 6.07) is 1.83. The van der Waals surface area contributed by atoms with Crippen LogP contribution in [0.3, 0.4) is 0 Å². The van der Waals surface area contributed by atoms with Gasteiger partial charge in [-0.2, -0.15) is 0 Å². The maximum atomic E-state index is 11.1. The number of sulfonamides is 1. The van der Waals surface area contributed by atoms with Gasteiger partial charge in [0.25, 0.3) is 0 Å². The van der Waals surface area contributed by atoms with Crippen LogP contribution in [-0.4, -0.2) is 32.7 Å². The summed E-state index contributed by atoms with van der Waals surface area (Å²) in [5.74, 6) is 0.0377. The molecule has 0 spiro atoms. The molecule has 0 bridgehead atoms. The van der Waals surface area contributed by atoms with Gasteiger partial charge in [-0.25, -0.2) is 13.1 Å². The molecule has 0 aromatic carbocycles. The van der Waals surface area contributed by atoms with E-state index < -0.39 is 10.0 Å². The van der Waals surface area contributed by atoms with Gasteiger partial charge in [-0.3, -0.25) is 4.98 Å². The van der Waals surface area contributed by atoms with E-state index in [4.69, 9.17) is 0 Å². The minimum atomic E-state index is -3.14. The molecule has 7 heteroatoms. The van der Waals surface area contributed by atoms with Crippen LogP contribution in [0.2, 0.25) is 0 Å². The summed E-state index contributed by atoms with van der Waals surface area (Å²) in [4.78, 5) is 3.95. The molecular formula is C8H12BrN3O2S. The van der Waals surface area contributed by atoms with Crippen molar-refractivity contribution in [3.8, 4) is 0 Å². The third kappa shape index (κ3) is 4.59. The van der Waals surface area contributed by atoms with Crippen molar-refractivity contribution in [2.45, 2.75) is 0 Å². The third-order valence-electron chi connectivity index (χ3n) is 1.72. The molecule has 1 aromatic rings. The van der Waals surface area contributed by atoms with Crippen molar-refractivity contribution in [2.24, 2.45) is 0 Å². The molecule has 0 aliphatic heterocycles. The molecule has 0 radical (unpaired) electrons. The first-order chi connectivity index (χ1) is 7.03. The smallest absolute Gasteiger partial charge is 0.213 e. The molecule has 15 heavy (non-hydrogen) atoms. The van der Waals surface area contributed by atoms with Crippen molar-refractivity contribution >= 4 is 31.6 Å². The maximum Gasteiger partial charge on any atom is 0.213 e. The van der Waals surface area contributed by atoms with Crippen molar-refractivity contribution in [1.82, 2.24) is 9.71 Å². The van der Waals surface area contributed by atoms with Gasteiger partial charge in [0, 0.05) is 17.2 Å². The van der Waals surface area contributed by atoms with E-state index in [0.717, 1.165) is 10.2 Å². The standard InChI is InChI=1S/C8H12BrN3O2S/c1-10-15(13,14)3-2-12-8-4-7(9)5-11-6-8/h4-6,10,12H,2-3H2,1H3. The minimum absolute atomic E-state index is 0.0377. The van der Waals surface area contributed by atoms with E-state index in [1.807, 2.05) is 6.07 Å². The topological polar surface area (TPSA) is 71.1 Å². The average Bonchev–Trinajstić information content (AvgIpc) is 2.18. The van der Waals surface area contributed by atoms with Gasteiger partial charge in [0.05, 0.1) is 17.6 Å². The molecule has 0 atom stereocenters. The lowest BCUT2D eigenvalue weighted by atomic mass is 10.4. The van der Waals surface area contributed by atoms with Crippen molar-refractivity contribution in [2.75, 3.05) is 24.7 Å². The Balaban J connectivity index is 2.45. The SMILES string of the molecule is CNS(=O)(=O)CCNc1cncc(Br)c1. The fourth-order valence-electron chi connectivity index (χ4n) is 0.940. The van der Waals surface area contributed by atoms with Gasteiger partial charge in [-0.1, -0.05) is 0 Å². The molecular weight excluding hydrogens is 282 g/mol. The predicted octanol–water partition coefficient (Wildman–Crippen LogP) is 0.805. The molecule has 1 aromatic heterocycles. The third-order valence-corrected chi connectivity index (χ3v) is 3.51. The minimum Gasteiger partial charge on any atom is -0.383 e. The largest absolute Gasteiger partial charge is 0.383 e. The maximum absolute atomic E-state index is 11.1. The van der Waals surface area contributed by atoms with Gasteiger partial charge in [-0.15, -0.1) is 0 Å². The van der Waals surface area contributed by atoms with Crippen molar-refractivity contribution < 1.29 is 8.42 Å². The Kier molecular flexibility index (Phi) is 4.49. The highest BCUT2D eigenvalue weighted by Crippen LogP contribution is 2.13. The second kappa shape index (κ2) is 5.43. The van der Waals surface area contributed by atoms with Crippen LogP contribution in [0.15, 0.2) is 22.9 Å². The summed E-state index contributed by atoms with van der Waals surface area (Å²) in [6.07, 6.45) is 3.30. The van der Waals surface area contributed by atoms with Gasteiger partial charge in [0.15, 0.2) is 0 Å². The molecule has 0 unspecified atom stereocenters. The Morgan fingerprint density at radius 1 is 1.47 bits per heavy atom. The van der Waals surface area contributed by atoms with Gasteiger partial charge in [-0.05, 0) is 29.0 Å². The molecule has 84 valence electrons. The van der Waals surface area contributed by atoms with Crippen LogP contribution >= 0.6 is 15.9 Å². The highest BCUT2D eigenvalue weighted by molar-refractivity contribution is 9.10. The van der Waals surface area contributed by atoms with Gasteiger partial charge in [0.1, 0.15) is 0 Å². The zero-order valence-electron chi connectivity index (χ0n) is 8.20. The van der Waals surface area contributed by atoms with Crippen LogP contribution in [0, 0.1) is 0 Å². The van der Waals surface area contributed by atoms with Crippen molar-refractivity contribution in [1.29, 1.82) is 0 Å². The Morgan fingerprint density at radius 3 is 2.80 bits per heavy atom. The van der Waals surface area contributed by atoms with Crippen molar-refractivity contribution in [3.63, 3.8) is 0 Å². The number of nitrogens with one attached hydrogen (secondary N) is 2. The van der Waals surface area contributed by atoms with Crippen LogP contribution in [0.4, 0.5) is 5.69 Å². The molecule has 0 fully saturated rings. The molecule has 0 saturated heterocycles. The first-order valence-corrected chi connectivity index (χ1v) is 6.74. The lowest BCUT2D eigenvalue weighted by Gasteiger charge is -2.06. The van der Waals surface area contributed by atoms with Gasteiger partial charge in [0.2, 0.25) is 10.0 Å². The zero-order chi connectivity index (χ0) is 11.3. The molecule has 1 rings (SSSR count). The summed E-state index contributed by atoms with van der Waals surface area (Å²) >= 11 is 3.27. The normalized spacial score (nSPS) is 11.3. The second-order valence-corrected chi connectivity index (χ2v) is 5.80. The number of nitrogens with zero attached hydrogens (tertiary/aromatic N) is 1. The van der Waals surface area contributed by atoms with Gasteiger partial charge < -0.3 is 5.32 Å². The van der Waals surface area contributed by atoms with E-state index in [1.54, 1.807) is 12.4 Å². The van der Waals surface area contributed by atoms with E-state index >= 15 is 0 Å². The first-order valence-electron chi connectivity index (χ1n) is 4.29. The van der Waals surface area contributed by atoms with Crippen LogP contribution in [0.5, 0.6) is 0 Å².